The minimum absolute atomic E-state index is 0. The molecule has 0 amide bonds. The topological polar surface area (TPSA) is 49.3 Å². The summed E-state index contributed by atoms with van der Waals surface area (Å²) >= 11 is 0. The van der Waals surface area contributed by atoms with E-state index in [0.717, 1.165) is 64.0 Å². The van der Waals surface area contributed by atoms with E-state index in [0.29, 0.717) is 18.2 Å². The number of nitrogens with zero attached hydrogens (tertiary/aromatic N) is 3. The molecule has 3 fully saturated rings. The fraction of sp³-hybridized carbons (Fsp3) is 0.955. The lowest BCUT2D eigenvalue weighted by Gasteiger charge is -2.37. The van der Waals surface area contributed by atoms with Gasteiger partial charge in [0.15, 0.2) is 5.96 Å². The molecule has 0 aromatic heterocycles. The molecule has 3 aliphatic heterocycles. The number of piperidine rings is 2. The predicted octanol–water partition coefficient (Wildman–Crippen LogP) is 3.35. The summed E-state index contributed by atoms with van der Waals surface area (Å²) in [6.45, 7) is 11.9. The summed E-state index contributed by atoms with van der Waals surface area (Å²) in [6, 6.07) is 0.556. The number of ether oxygens (including phenoxy) is 2. The number of rotatable bonds is 6. The van der Waals surface area contributed by atoms with E-state index in [1.807, 2.05) is 7.05 Å². The van der Waals surface area contributed by atoms with E-state index in [1.165, 1.54) is 38.8 Å². The maximum absolute atomic E-state index is 6.15. The van der Waals surface area contributed by atoms with E-state index in [1.54, 1.807) is 0 Å². The van der Waals surface area contributed by atoms with Gasteiger partial charge >= 0.3 is 0 Å². The molecule has 3 heterocycles. The molecule has 0 aromatic rings. The average molecular weight is 523 g/mol. The normalized spacial score (nSPS) is 26.8. The summed E-state index contributed by atoms with van der Waals surface area (Å²) in [5.41, 5.74) is 0. The summed E-state index contributed by atoms with van der Waals surface area (Å²) in [4.78, 5) is 9.55. The van der Waals surface area contributed by atoms with Gasteiger partial charge < -0.3 is 19.7 Å². The smallest absolute Gasteiger partial charge is 0.193 e. The molecule has 3 saturated heterocycles. The van der Waals surface area contributed by atoms with E-state index in [9.17, 15) is 0 Å². The van der Waals surface area contributed by atoms with Gasteiger partial charge in [0.05, 0.1) is 18.8 Å². The van der Waals surface area contributed by atoms with Crippen molar-refractivity contribution in [1.29, 1.82) is 0 Å². The van der Waals surface area contributed by atoms with Gasteiger partial charge in [0, 0.05) is 39.3 Å². The fourth-order valence-electron chi connectivity index (χ4n) is 4.59. The second kappa shape index (κ2) is 13.3. The van der Waals surface area contributed by atoms with Gasteiger partial charge in [0.25, 0.3) is 0 Å². The van der Waals surface area contributed by atoms with Crippen LogP contribution in [0.5, 0.6) is 0 Å². The van der Waals surface area contributed by atoms with Crippen LogP contribution in [0.1, 0.15) is 58.8 Å². The van der Waals surface area contributed by atoms with Gasteiger partial charge in [0.2, 0.25) is 0 Å². The summed E-state index contributed by atoms with van der Waals surface area (Å²) < 4.78 is 11.9. The first-order chi connectivity index (χ1) is 13.7. The first-order valence-corrected chi connectivity index (χ1v) is 11.6. The lowest BCUT2D eigenvalue weighted by atomic mass is 9.98. The molecule has 0 radical (unpaired) electrons. The van der Waals surface area contributed by atoms with Crippen LogP contribution in [-0.4, -0.2) is 87.0 Å². The molecule has 0 saturated carbocycles. The van der Waals surface area contributed by atoms with Crippen molar-refractivity contribution in [2.75, 3.05) is 53.0 Å². The third kappa shape index (κ3) is 8.15. The van der Waals surface area contributed by atoms with Crippen LogP contribution in [0.3, 0.4) is 0 Å². The summed E-state index contributed by atoms with van der Waals surface area (Å²) in [6.07, 6.45) is 9.15. The molecule has 170 valence electrons. The van der Waals surface area contributed by atoms with E-state index in [-0.39, 0.29) is 24.0 Å². The van der Waals surface area contributed by atoms with Crippen molar-refractivity contribution in [3.8, 4) is 0 Å². The molecule has 3 rings (SSSR count). The maximum Gasteiger partial charge on any atom is 0.193 e. The van der Waals surface area contributed by atoms with Crippen LogP contribution in [0.4, 0.5) is 0 Å². The molecular formula is C22H43IN4O2. The number of hydrogen-bond donors (Lipinski definition) is 1. The van der Waals surface area contributed by atoms with E-state index >= 15 is 0 Å². The predicted molar refractivity (Wildman–Crippen MR) is 130 cm³/mol. The van der Waals surface area contributed by atoms with Crippen molar-refractivity contribution in [1.82, 2.24) is 15.1 Å². The Hall–Kier alpha value is -0.120. The average Bonchev–Trinajstić information content (AvgIpc) is 2.74. The van der Waals surface area contributed by atoms with Crippen LogP contribution in [0.15, 0.2) is 4.99 Å². The molecule has 3 aliphatic rings. The number of guanidine groups is 1. The standard InChI is InChI=1S/C22H42N4O2.HI/c1-18-7-11-25(12-8-18)19(2)16-24-22(23-3)26-13-9-20(10-14-26)28-17-21-6-4-5-15-27-21;/h18-21H,4-17H2,1-3H3,(H,23,24);1H. The molecule has 6 nitrogen and oxygen atoms in total. The Labute approximate surface area is 195 Å². The Balaban J connectivity index is 0.00000300. The number of halogens is 1. The van der Waals surface area contributed by atoms with Crippen molar-refractivity contribution in [3.63, 3.8) is 0 Å². The zero-order chi connectivity index (χ0) is 19.8. The minimum atomic E-state index is 0. The highest BCUT2D eigenvalue weighted by molar-refractivity contribution is 14.0. The quantitative estimate of drug-likeness (QED) is 0.330. The second-order valence-corrected chi connectivity index (χ2v) is 9.00. The fourth-order valence-corrected chi connectivity index (χ4v) is 4.59. The molecule has 7 heteroatoms. The molecule has 2 atom stereocenters. The monoisotopic (exact) mass is 522 g/mol. The Morgan fingerprint density at radius 2 is 1.83 bits per heavy atom. The molecule has 2 unspecified atom stereocenters. The zero-order valence-corrected chi connectivity index (χ0v) is 21.1. The third-order valence-corrected chi connectivity index (χ3v) is 6.74. The molecule has 0 bridgehead atoms. The molecule has 0 aromatic carbocycles. The van der Waals surface area contributed by atoms with Crippen LogP contribution in [-0.2, 0) is 9.47 Å². The molecule has 1 N–H and O–H groups in total. The zero-order valence-electron chi connectivity index (χ0n) is 18.8. The lowest BCUT2D eigenvalue weighted by molar-refractivity contribution is -0.0721. The van der Waals surface area contributed by atoms with Crippen LogP contribution >= 0.6 is 24.0 Å². The van der Waals surface area contributed by atoms with E-state index in [4.69, 9.17) is 9.47 Å². The van der Waals surface area contributed by atoms with Gasteiger partial charge in [-0.1, -0.05) is 6.92 Å². The first kappa shape index (κ1) is 25.1. The summed E-state index contributed by atoms with van der Waals surface area (Å²) in [5.74, 6) is 1.93. The van der Waals surface area contributed by atoms with Gasteiger partial charge in [-0.05, 0) is 70.9 Å². The first-order valence-electron chi connectivity index (χ1n) is 11.6. The maximum atomic E-state index is 6.15. The van der Waals surface area contributed by atoms with Crippen molar-refractivity contribution in [3.05, 3.63) is 0 Å². The van der Waals surface area contributed by atoms with Crippen molar-refractivity contribution < 1.29 is 9.47 Å². The molecule has 29 heavy (non-hydrogen) atoms. The second-order valence-electron chi connectivity index (χ2n) is 9.00. The highest BCUT2D eigenvalue weighted by Gasteiger charge is 2.25. The van der Waals surface area contributed by atoms with Gasteiger partial charge in [-0.15, -0.1) is 24.0 Å². The molecular weight excluding hydrogens is 479 g/mol. The van der Waals surface area contributed by atoms with Gasteiger partial charge in [-0.2, -0.15) is 0 Å². The number of aliphatic imine (C=N–C) groups is 1. The van der Waals surface area contributed by atoms with Crippen LogP contribution in [0.25, 0.3) is 0 Å². The largest absolute Gasteiger partial charge is 0.376 e. The number of hydrogen-bond acceptors (Lipinski definition) is 4. The van der Waals surface area contributed by atoms with Gasteiger partial charge in [-0.25, -0.2) is 0 Å². The molecule has 0 spiro atoms. The highest BCUT2D eigenvalue weighted by atomic mass is 127. The van der Waals surface area contributed by atoms with Crippen molar-refractivity contribution >= 4 is 29.9 Å². The van der Waals surface area contributed by atoms with Crippen LogP contribution in [0, 0.1) is 5.92 Å². The van der Waals surface area contributed by atoms with E-state index < -0.39 is 0 Å². The third-order valence-electron chi connectivity index (χ3n) is 6.74. The summed E-state index contributed by atoms with van der Waals surface area (Å²) in [5, 5.41) is 3.62. The number of nitrogens with one attached hydrogen (secondary N) is 1. The Bertz CT molecular complexity index is 471. The minimum Gasteiger partial charge on any atom is -0.376 e. The van der Waals surface area contributed by atoms with Gasteiger partial charge in [0.1, 0.15) is 0 Å². The Morgan fingerprint density at radius 3 is 2.45 bits per heavy atom. The van der Waals surface area contributed by atoms with Crippen molar-refractivity contribution in [2.45, 2.75) is 77.0 Å². The van der Waals surface area contributed by atoms with E-state index in [2.05, 4.69) is 34.0 Å². The van der Waals surface area contributed by atoms with Gasteiger partial charge in [-0.3, -0.25) is 9.89 Å². The Kier molecular flexibility index (Phi) is 11.6. The summed E-state index contributed by atoms with van der Waals surface area (Å²) in [7, 11) is 1.90. The Morgan fingerprint density at radius 1 is 1.10 bits per heavy atom. The highest BCUT2D eigenvalue weighted by Crippen LogP contribution is 2.19. The number of likely N-dealkylation sites (tertiary alicyclic amines) is 2. The van der Waals surface area contributed by atoms with Crippen LogP contribution in [0.2, 0.25) is 0 Å². The molecule has 0 aliphatic carbocycles. The van der Waals surface area contributed by atoms with Crippen molar-refractivity contribution in [2.24, 2.45) is 10.9 Å². The SMILES string of the molecule is CN=C(NCC(C)N1CCC(C)CC1)N1CCC(OCC2CCCCO2)CC1.I. The van der Waals surface area contributed by atoms with Crippen LogP contribution < -0.4 is 5.32 Å². The lowest BCUT2D eigenvalue weighted by Crippen LogP contribution is -2.51.